The molecular weight excluding hydrogens is 369 g/mol. The highest BCUT2D eigenvalue weighted by Gasteiger charge is 2.34. The van der Waals surface area contributed by atoms with E-state index in [-0.39, 0.29) is 30.1 Å². The number of para-hydroxylation sites is 1. The molecule has 0 radical (unpaired) electrons. The van der Waals surface area contributed by atoms with Crippen LogP contribution in [0.5, 0.6) is 5.75 Å². The lowest BCUT2D eigenvalue weighted by Gasteiger charge is -2.11. The molecular formula is C20H18FNO4S. The van der Waals surface area contributed by atoms with Gasteiger partial charge in [0.05, 0.1) is 18.1 Å². The second kappa shape index (κ2) is 8.83. The molecule has 2 aromatic rings. The minimum absolute atomic E-state index is 0.192. The number of carbonyl (C=O) groups is 2. The zero-order valence-corrected chi connectivity index (χ0v) is 15.5. The van der Waals surface area contributed by atoms with E-state index >= 15 is 0 Å². The Morgan fingerprint density at radius 2 is 1.96 bits per heavy atom. The summed E-state index contributed by atoms with van der Waals surface area (Å²) in [7, 11) is 1.51. The number of benzene rings is 2. The lowest BCUT2D eigenvalue weighted by molar-refractivity contribution is -0.123. The molecule has 0 spiro atoms. The first-order valence-electron chi connectivity index (χ1n) is 8.29. The molecule has 0 N–H and O–H groups in total. The number of halogens is 1. The number of imide groups is 1. The molecule has 1 aliphatic rings. The van der Waals surface area contributed by atoms with Crippen molar-refractivity contribution in [2.45, 2.75) is 6.61 Å². The van der Waals surface area contributed by atoms with E-state index in [2.05, 4.69) is 0 Å². The van der Waals surface area contributed by atoms with Crippen molar-refractivity contribution in [2.24, 2.45) is 0 Å². The van der Waals surface area contributed by atoms with E-state index in [0.717, 1.165) is 16.7 Å². The van der Waals surface area contributed by atoms with Crippen molar-refractivity contribution in [1.82, 2.24) is 4.90 Å². The van der Waals surface area contributed by atoms with E-state index in [1.807, 2.05) is 12.1 Å². The van der Waals surface area contributed by atoms with Crippen LogP contribution in [0.1, 0.15) is 11.1 Å². The van der Waals surface area contributed by atoms with Crippen molar-refractivity contribution >= 4 is 29.0 Å². The van der Waals surface area contributed by atoms with E-state index < -0.39 is 0 Å². The maximum Gasteiger partial charge on any atom is 0.293 e. The molecule has 0 aliphatic carbocycles. The van der Waals surface area contributed by atoms with Crippen molar-refractivity contribution in [3.8, 4) is 5.75 Å². The fraction of sp³-hybridized carbons (Fsp3) is 0.200. The van der Waals surface area contributed by atoms with Gasteiger partial charge < -0.3 is 9.47 Å². The Kier molecular flexibility index (Phi) is 6.26. The first-order valence-corrected chi connectivity index (χ1v) is 9.10. The summed E-state index contributed by atoms with van der Waals surface area (Å²) < 4.78 is 24.0. The minimum Gasteiger partial charge on any atom is -0.488 e. The molecule has 27 heavy (non-hydrogen) atoms. The van der Waals surface area contributed by atoms with Gasteiger partial charge >= 0.3 is 0 Å². The van der Waals surface area contributed by atoms with Gasteiger partial charge in [-0.3, -0.25) is 14.5 Å². The highest BCUT2D eigenvalue weighted by Crippen LogP contribution is 2.33. The molecule has 3 rings (SSSR count). The van der Waals surface area contributed by atoms with Gasteiger partial charge in [0.15, 0.2) is 0 Å². The Morgan fingerprint density at radius 3 is 2.74 bits per heavy atom. The molecule has 1 saturated heterocycles. The third-order valence-electron chi connectivity index (χ3n) is 3.88. The number of thioether (sulfide) groups is 1. The second-order valence-corrected chi connectivity index (χ2v) is 6.78. The van der Waals surface area contributed by atoms with Crippen molar-refractivity contribution in [2.75, 3.05) is 20.3 Å². The molecule has 0 aromatic heterocycles. The predicted molar refractivity (Wildman–Crippen MR) is 102 cm³/mol. The SMILES string of the molecule is COCCN1C(=O)S/C(=C/c2ccccc2OCc2cccc(F)c2)C1=O. The molecule has 1 fully saturated rings. The van der Waals surface area contributed by atoms with Crippen LogP contribution in [0.3, 0.4) is 0 Å². The molecule has 1 aliphatic heterocycles. The number of hydrogen-bond donors (Lipinski definition) is 0. The lowest BCUT2D eigenvalue weighted by Crippen LogP contribution is -2.31. The maximum atomic E-state index is 13.3. The Hall–Kier alpha value is -2.64. The first kappa shape index (κ1) is 19.1. The molecule has 2 amide bonds. The topological polar surface area (TPSA) is 55.8 Å². The average molecular weight is 387 g/mol. The van der Waals surface area contributed by atoms with Gasteiger partial charge in [0, 0.05) is 12.7 Å². The number of rotatable bonds is 7. The van der Waals surface area contributed by atoms with Crippen LogP contribution in [-0.2, 0) is 16.1 Å². The summed E-state index contributed by atoms with van der Waals surface area (Å²) in [5.41, 5.74) is 1.37. The normalized spacial score (nSPS) is 15.6. The number of ether oxygens (including phenoxy) is 2. The van der Waals surface area contributed by atoms with E-state index in [4.69, 9.17) is 9.47 Å². The Morgan fingerprint density at radius 1 is 1.15 bits per heavy atom. The summed E-state index contributed by atoms with van der Waals surface area (Å²) in [4.78, 5) is 26.0. The van der Waals surface area contributed by atoms with E-state index in [1.165, 1.54) is 19.2 Å². The molecule has 7 heteroatoms. The zero-order valence-electron chi connectivity index (χ0n) is 14.7. The molecule has 0 unspecified atom stereocenters. The van der Waals surface area contributed by atoms with Gasteiger partial charge in [-0.1, -0.05) is 30.3 Å². The first-order chi connectivity index (χ1) is 13.1. The molecule has 5 nitrogen and oxygen atoms in total. The molecule has 0 bridgehead atoms. The predicted octanol–water partition coefficient (Wildman–Crippen LogP) is 4.09. The zero-order chi connectivity index (χ0) is 19.2. The fourth-order valence-electron chi connectivity index (χ4n) is 2.54. The molecule has 0 saturated carbocycles. The summed E-state index contributed by atoms with van der Waals surface area (Å²) >= 11 is 0.890. The summed E-state index contributed by atoms with van der Waals surface area (Å²) in [5.74, 6) is -0.124. The van der Waals surface area contributed by atoms with Gasteiger partial charge in [0.1, 0.15) is 18.2 Å². The smallest absolute Gasteiger partial charge is 0.293 e. The molecule has 1 heterocycles. The van der Waals surface area contributed by atoms with Crippen LogP contribution < -0.4 is 4.74 Å². The van der Waals surface area contributed by atoms with Crippen LogP contribution in [-0.4, -0.2) is 36.3 Å². The highest BCUT2D eigenvalue weighted by molar-refractivity contribution is 8.18. The van der Waals surface area contributed by atoms with Gasteiger partial charge in [-0.05, 0) is 41.6 Å². The lowest BCUT2D eigenvalue weighted by atomic mass is 10.1. The van der Waals surface area contributed by atoms with Crippen LogP contribution in [0.4, 0.5) is 9.18 Å². The monoisotopic (exact) mass is 387 g/mol. The second-order valence-electron chi connectivity index (χ2n) is 5.78. The van der Waals surface area contributed by atoms with Crippen LogP contribution in [0.2, 0.25) is 0 Å². The fourth-order valence-corrected chi connectivity index (χ4v) is 3.39. The summed E-state index contributed by atoms with van der Waals surface area (Å²) in [6.45, 7) is 0.701. The molecule has 0 atom stereocenters. The van der Waals surface area contributed by atoms with Crippen molar-refractivity contribution in [1.29, 1.82) is 0 Å². The van der Waals surface area contributed by atoms with Crippen LogP contribution in [0, 0.1) is 5.82 Å². The minimum atomic E-state index is -0.345. The van der Waals surface area contributed by atoms with Crippen LogP contribution >= 0.6 is 11.8 Å². The standard InChI is InChI=1S/C20H18FNO4S/c1-25-10-9-22-19(23)18(27-20(22)24)12-15-6-2-3-8-17(15)26-13-14-5-4-7-16(21)11-14/h2-8,11-12H,9-10,13H2,1H3/b18-12+. The van der Waals surface area contributed by atoms with Gasteiger partial charge in [-0.25, -0.2) is 4.39 Å². The van der Waals surface area contributed by atoms with Gasteiger partial charge in [0.25, 0.3) is 11.1 Å². The van der Waals surface area contributed by atoms with E-state index in [0.29, 0.717) is 28.4 Å². The van der Waals surface area contributed by atoms with Gasteiger partial charge in [0.2, 0.25) is 0 Å². The quantitative estimate of drug-likeness (QED) is 0.670. The number of carbonyl (C=O) groups excluding carboxylic acids is 2. The summed E-state index contributed by atoms with van der Waals surface area (Å²) in [6, 6.07) is 13.4. The molecule has 2 aromatic carbocycles. The average Bonchev–Trinajstić information content (AvgIpc) is 2.92. The van der Waals surface area contributed by atoms with Crippen molar-refractivity contribution in [3.05, 3.63) is 70.4 Å². The highest BCUT2D eigenvalue weighted by atomic mass is 32.2. The van der Waals surface area contributed by atoms with Crippen molar-refractivity contribution in [3.63, 3.8) is 0 Å². The summed E-state index contributed by atoms with van der Waals surface area (Å²) in [6.07, 6.45) is 1.64. The Balaban J connectivity index is 1.77. The van der Waals surface area contributed by atoms with Gasteiger partial charge in [-0.15, -0.1) is 0 Å². The number of nitrogens with zero attached hydrogens (tertiary/aromatic N) is 1. The third kappa shape index (κ3) is 4.75. The van der Waals surface area contributed by atoms with Gasteiger partial charge in [-0.2, -0.15) is 0 Å². The summed E-state index contributed by atoms with van der Waals surface area (Å²) in [5, 5.41) is -0.318. The Bertz CT molecular complexity index is 884. The number of amides is 2. The Labute approximate surface area is 160 Å². The molecule has 140 valence electrons. The van der Waals surface area contributed by atoms with Crippen LogP contribution in [0.25, 0.3) is 6.08 Å². The van der Waals surface area contributed by atoms with E-state index in [1.54, 1.807) is 30.3 Å². The van der Waals surface area contributed by atoms with E-state index in [9.17, 15) is 14.0 Å². The number of hydrogen-bond acceptors (Lipinski definition) is 5. The largest absolute Gasteiger partial charge is 0.488 e. The third-order valence-corrected chi connectivity index (χ3v) is 4.79. The number of methoxy groups -OCH3 is 1. The maximum absolute atomic E-state index is 13.3. The van der Waals surface area contributed by atoms with Crippen LogP contribution in [0.15, 0.2) is 53.4 Å². The van der Waals surface area contributed by atoms with Crippen molar-refractivity contribution < 1.29 is 23.5 Å².